The van der Waals surface area contributed by atoms with Crippen LogP contribution in [0.3, 0.4) is 0 Å². The SMILES string of the molecule is Oc1ccc(-c2cc(-c3ccccc3)cc(-c3ccccc3)c2)c2ccccc12. The summed E-state index contributed by atoms with van der Waals surface area (Å²) in [5.74, 6) is 0.312. The lowest BCUT2D eigenvalue weighted by molar-refractivity contribution is 0.481. The third kappa shape index (κ3) is 3.28. The Bertz CT molecular complexity index is 1230. The number of fused-ring (bicyclic) bond motifs is 1. The molecule has 138 valence electrons. The Labute approximate surface area is 170 Å². The van der Waals surface area contributed by atoms with Crippen LogP contribution in [0.4, 0.5) is 0 Å². The number of benzene rings is 5. The van der Waals surface area contributed by atoms with Crippen molar-refractivity contribution in [3.8, 4) is 39.1 Å². The van der Waals surface area contributed by atoms with Gasteiger partial charge in [-0.25, -0.2) is 0 Å². The second kappa shape index (κ2) is 7.29. The van der Waals surface area contributed by atoms with Crippen LogP contribution in [0.2, 0.25) is 0 Å². The average Bonchev–Trinajstić information content (AvgIpc) is 2.80. The highest BCUT2D eigenvalue weighted by Gasteiger charge is 2.11. The first-order valence-electron chi connectivity index (χ1n) is 9.77. The highest BCUT2D eigenvalue weighted by atomic mass is 16.3. The van der Waals surface area contributed by atoms with Gasteiger partial charge in [-0.3, -0.25) is 0 Å². The number of phenols is 1. The molecule has 5 aromatic carbocycles. The number of rotatable bonds is 3. The first-order valence-corrected chi connectivity index (χ1v) is 9.77. The molecule has 0 radical (unpaired) electrons. The van der Waals surface area contributed by atoms with E-state index in [-0.39, 0.29) is 0 Å². The van der Waals surface area contributed by atoms with E-state index in [0.29, 0.717) is 5.75 Å². The van der Waals surface area contributed by atoms with Gasteiger partial charge in [-0.05, 0) is 63.0 Å². The Hall–Kier alpha value is -3.84. The van der Waals surface area contributed by atoms with Crippen molar-refractivity contribution in [2.75, 3.05) is 0 Å². The Morgan fingerprint density at radius 2 is 0.862 bits per heavy atom. The van der Waals surface area contributed by atoms with Crippen molar-refractivity contribution in [2.24, 2.45) is 0 Å². The van der Waals surface area contributed by atoms with E-state index in [1.54, 1.807) is 6.07 Å². The average molecular weight is 372 g/mol. The van der Waals surface area contributed by atoms with Crippen LogP contribution in [-0.4, -0.2) is 5.11 Å². The second-order valence-electron chi connectivity index (χ2n) is 7.21. The van der Waals surface area contributed by atoms with Gasteiger partial charge in [0.2, 0.25) is 0 Å². The molecule has 1 heteroatoms. The van der Waals surface area contributed by atoms with Crippen LogP contribution in [0.15, 0.2) is 115 Å². The second-order valence-corrected chi connectivity index (χ2v) is 7.21. The highest BCUT2D eigenvalue weighted by molar-refractivity contribution is 6.01. The summed E-state index contributed by atoms with van der Waals surface area (Å²) in [6.07, 6.45) is 0. The fraction of sp³-hybridized carbons (Fsp3) is 0. The normalized spacial score (nSPS) is 10.9. The molecule has 0 unspecified atom stereocenters. The maximum absolute atomic E-state index is 10.3. The standard InChI is InChI=1S/C28H20O/c29-28-16-15-25(26-13-7-8-14-27(26)28)24-18-22(20-9-3-1-4-10-20)17-23(19-24)21-11-5-2-6-12-21/h1-19,29H. The topological polar surface area (TPSA) is 20.2 Å². The minimum Gasteiger partial charge on any atom is -0.507 e. The Morgan fingerprint density at radius 1 is 0.379 bits per heavy atom. The molecule has 29 heavy (non-hydrogen) atoms. The molecule has 0 spiro atoms. The molecule has 0 bridgehead atoms. The van der Waals surface area contributed by atoms with Crippen LogP contribution in [-0.2, 0) is 0 Å². The van der Waals surface area contributed by atoms with E-state index in [1.165, 1.54) is 22.3 Å². The number of phenolic OH excluding ortho intramolecular Hbond substituents is 1. The van der Waals surface area contributed by atoms with Gasteiger partial charge in [0.1, 0.15) is 5.75 Å². The van der Waals surface area contributed by atoms with Gasteiger partial charge in [-0.2, -0.15) is 0 Å². The zero-order chi connectivity index (χ0) is 19.6. The fourth-order valence-corrected chi connectivity index (χ4v) is 3.91. The van der Waals surface area contributed by atoms with E-state index in [4.69, 9.17) is 0 Å². The van der Waals surface area contributed by atoms with E-state index < -0.39 is 0 Å². The summed E-state index contributed by atoms with van der Waals surface area (Å²) in [7, 11) is 0. The van der Waals surface area contributed by atoms with E-state index in [2.05, 4.69) is 72.8 Å². The van der Waals surface area contributed by atoms with Crippen molar-refractivity contribution in [3.05, 3.63) is 115 Å². The van der Waals surface area contributed by atoms with Crippen LogP contribution in [0, 0.1) is 0 Å². The van der Waals surface area contributed by atoms with Gasteiger partial charge in [0.15, 0.2) is 0 Å². The predicted molar refractivity (Wildman–Crippen MR) is 122 cm³/mol. The van der Waals surface area contributed by atoms with Crippen LogP contribution in [0.25, 0.3) is 44.2 Å². The fourth-order valence-electron chi connectivity index (χ4n) is 3.91. The molecule has 5 rings (SSSR count). The molecule has 0 amide bonds. The van der Waals surface area contributed by atoms with Crippen LogP contribution in [0.5, 0.6) is 5.75 Å². The third-order valence-corrected chi connectivity index (χ3v) is 5.36. The largest absolute Gasteiger partial charge is 0.507 e. The van der Waals surface area contributed by atoms with Crippen molar-refractivity contribution in [1.82, 2.24) is 0 Å². The van der Waals surface area contributed by atoms with Crippen molar-refractivity contribution in [2.45, 2.75) is 0 Å². The quantitative estimate of drug-likeness (QED) is 0.347. The molecule has 0 aromatic heterocycles. The van der Waals surface area contributed by atoms with Gasteiger partial charge >= 0.3 is 0 Å². The summed E-state index contributed by atoms with van der Waals surface area (Å²) in [5.41, 5.74) is 7.00. The molecule has 0 fully saturated rings. The third-order valence-electron chi connectivity index (χ3n) is 5.36. The van der Waals surface area contributed by atoms with Gasteiger partial charge in [0, 0.05) is 5.39 Å². The summed E-state index contributed by atoms with van der Waals surface area (Å²) < 4.78 is 0. The van der Waals surface area contributed by atoms with Gasteiger partial charge in [-0.15, -0.1) is 0 Å². The molecule has 1 N–H and O–H groups in total. The zero-order valence-corrected chi connectivity index (χ0v) is 15.9. The van der Waals surface area contributed by atoms with Crippen LogP contribution in [0.1, 0.15) is 0 Å². The molecule has 0 heterocycles. The van der Waals surface area contributed by atoms with E-state index in [9.17, 15) is 5.11 Å². The molecular formula is C28H20O. The van der Waals surface area contributed by atoms with E-state index in [0.717, 1.165) is 21.9 Å². The lowest BCUT2D eigenvalue weighted by atomic mass is 9.91. The molecule has 1 nitrogen and oxygen atoms in total. The Kier molecular flexibility index (Phi) is 4.34. The van der Waals surface area contributed by atoms with Crippen LogP contribution < -0.4 is 0 Å². The van der Waals surface area contributed by atoms with Gasteiger partial charge < -0.3 is 5.11 Å². The van der Waals surface area contributed by atoms with Crippen molar-refractivity contribution < 1.29 is 5.11 Å². The maximum atomic E-state index is 10.3. The monoisotopic (exact) mass is 372 g/mol. The molecule has 0 aliphatic rings. The van der Waals surface area contributed by atoms with Gasteiger partial charge in [0.25, 0.3) is 0 Å². The molecule has 0 aliphatic heterocycles. The van der Waals surface area contributed by atoms with Crippen molar-refractivity contribution >= 4 is 10.8 Å². The first-order chi connectivity index (χ1) is 14.3. The highest BCUT2D eigenvalue weighted by Crippen LogP contribution is 2.38. The molecule has 0 aliphatic carbocycles. The van der Waals surface area contributed by atoms with Gasteiger partial charge in [0.05, 0.1) is 0 Å². The predicted octanol–water partition coefficient (Wildman–Crippen LogP) is 7.55. The van der Waals surface area contributed by atoms with Gasteiger partial charge in [-0.1, -0.05) is 91.0 Å². The number of hydrogen-bond acceptors (Lipinski definition) is 1. The lowest BCUT2D eigenvalue weighted by Crippen LogP contribution is -1.87. The Balaban J connectivity index is 1.79. The smallest absolute Gasteiger partial charge is 0.123 e. The number of hydrogen-bond donors (Lipinski definition) is 1. The summed E-state index contributed by atoms with van der Waals surface area (Å²) in [5, 5.41) is 12.2. The minimum absolute atomic E-state index is 0.312. The Morgan fingerprint density at radius 3 is 1.45 bits per heavy atom. The van der Waals surface area contributed by atoms with E-state index >= 15 is 0 Å². The lowest BCUT2D eigenvalue weighted by Gasteiger charge is -2.13. The number of aromatic hydroxyl groups is 1. The van der Waals surface area contributed by atoms with Crippen molar-refractivity contribution in [3.63, 3.8) is 0 Å². The zero-order valence-electron chi connectivity index (χ0n) is 15.9. The van der Waals surface area contributed by atoms with Crippen LogP contribution >= 0.6 is 0 Å². The summed E-state index contributed by atoms with van der Waals surface area (Å²) in [6, 6.07) is 39.5. The minimum atomic E-state index is 0.312. The molecule has 5 aromatic rings. The summed E-state index contributed by atoms with van der Waals surface area (Å²) >= 11 is 0. The maximum Gasteiger partial charge on any atom is 0.123 e. The summed E-state index contributed by atoms with van der Waals surface area (Å²) in [4.78, 5) is 0. The first kappa shape index (κ1) is 17.3. The molecule has 0 saturated heterocycles. The molecular weight excluding hydrogens is 352 g/mol. The molecule has 0 atom stereocenters. The molecule has 0 saturated carbocycles. The summed E-state index contributed by atoms with van der Waals surface area (Å²) in [6.45, 7) is 0. The van der Waals surface area contributed by atoms with Crippen molar-refractivity contribution in [1.29, 1.82) is 0 Å². The van der Waals surface area contributed by atoms with E-state index in [1.807, 2.05) is 36.4 Å².